The number of nitrogens with one attached hydrogen (secondary N) is 1. The van der Waals surface area contributed by atoms with Gasteiger partial charge >= 0.3 is 5.97 Å². The predicted octanol–water partition coefficient (Wildman–Crippen LogP) is 4.07. The fraction of sp³-hybridized carbons (Fsp3) is 0.118. The van der Waals surface area contributed by atoms with Crippen LogP contribution in [-0.2, 0) is 4.79 Å². The van der Waals surface area contributed by atoms with Crippen molar-refractivity contribution >= 4 is 16.9 Å². The smallest absolute Gasteiger partial charge is 0.309 e. The Balaban J connectivity index is 2.25. The number of carbonyl (C=O) groups is 1. The van der Waals surface area contributed by atoms with Crippen molar-refractivity contribution in [2.75, 3.05) is 0 Å². The summed E-state index contributed by atoms with van der Waals surface area (Å²) in [5.41, 5.74) is 4.11. The van der Waals surface area contributed by atoms with Crippen molar-refractivity contribution in [2.24, 2.45) is 0 Å². The monoisotopic (exact) mass is 265 g/mol. The van der Waals surface area contributed by atoms with Gasteiger partial charge in [-0.2, -0.15) is 0 Å². The molecule has 0 saturated heterocycles. The van der Waals surface area contributed by atoms with Crippen LogP contribution in [0.2, 0.25) is 0 Å². The Labute approximate surface area is 117 Å². The standard InChI is InChI=1S/C17H15NO2/c1-11-7-9-13(10-8-11)16-14-5-3-4-6-15(14)18-17(16)20-12(2)19/h3-10,18H,1-2H3. The summed E-state index contributed by atoms with van der Waals surface area (Å²) in [6, 6.07) is 16.1. The quantitative estimate of drug-likeness (QED) is 0.710. The van der Waals surface area contributed by atoms with E-state index in [0.717, 1.165) is 22.0 Å². The van der Waals surface area contributed by atoms with Crippen LogP contribution in [0.15, 0.2) is 48.5 Å². The molecule has 0 unspecified atom stereocenters. The summed E-state index contributed by atoms with van der Waals surface area (Å²) >= 11 is 0. The molecule has 1 heterocycles. The molecule has 2 aromatic carbocycles. The number of carbonyl (C=O) groups excluding carboxylic acids is 1. The van der Waals surface area contributed by atoms with Crippen molar-refractivity contribution in [3.05, 3.63) is 54.1 Å². The summed E-state index contributed by atoms with van der Waals surface area (Å²) in [7, 11) is 0. The van der Waals surface area contributed by atoms with Crippen LogP contribution in [0, 0.1) is 6.92 Å². The number of aryl methyl sites for hydroxylation is 1. The zero-order valence-corrected chi connectivity index (χ0v) is 11.4. The molecule has 20 heavy (non-hydrogen) atoms. The first kappa shape index (κ1) is 12.5. The minimum absolute atomic E-state index is 0.329. The minimum Gasteiger partial charge on any atom is -0.409 e. The highest BCUT2D eigenvalue weighted by Gasteiger charge is 2.15. The topological polar surface area (TPSA) is 42.1 Å². The van der Waals surface area contributed by atoms with Crippen molar-refractivity contribution in [3.8, 4) is 17.0 Å². The van der Waals surface area contributed by atoms with Gasteiger partial charge < -0.3 is 9.72 Å². The van der Waals surface area contributed by atoms with Gasteiger partial charge in [-0.15, -0.1) is 0 Å². The first-order valence-corrected chi connectivity index (χ1v) is 6.51. The number of para-hydroxylation sites is 1. The molecule has 0 amide bonds. The van der Waals surface area contributed by atoms with Gasteiger partial charge in [0.1, 0.15) is 0 Å². The number of hydrogen-bond acceptors (Lipinski definition) is 2. The molecule has 0 bridgehead atoms. The number of esters is 1. The van der Waals surface area contributed by atoms with Crippen LogP contribution in [0.1, 0.15) is 12.5 Å². The Bertz CT molecular complexity index is 769. The van der Waals surface area contributed by atoms with Gasteiger partial charge in [0, 0.05) is 17.8 Å². The molecule has 0 atom stereocenters. The summed E-state index contributed by atoms with van der Waals surface area (Å²) in [5, 5.41) is 1.05. The summed E-state index contributed by atoms with van der Waals surface area (Å²) in [6.45, 7) is 3.45. The van der Waals surface area contributed by atoms with E-state index in [0.29, 0.717) is 5.88 Å². The lowest BCUT2D eigenvalue weighted by Crippen LogP contribution is -2.02. The molecule has 0 spiro atoms. The number of aromatic amines is 1. The average Bonchev–Trinajstić information content (AvgIpc) is 2.77. The molecule has 100 valence electrons. The summed E-state index contributed by atoms with van der Waals surface area (Å²) < 4.78 is 5.32. The van der Waals surface area contributed by atoms with Crippen LogP contribution < -0.4 is 4.74 Å². The zero-order valence-electron chi connectivity index (χ0n) is 11.4. The third kappa shape index (κ3) is 2.18. The summed E-state index contributed by atoms with van der Waals surface area (Å²) in [4.78, 5) is 14.5. The number of fused-ring (bicyclic) bond motifs is 1. The maximum atomic E-state index is 11.3. The van der Waals surface area contributed by atoms with E-state index in [1.165, 1.54) is 12.5 Å². The van der Waals surface area contributed by atoms with E-state index in [4.69, 9.17) is 4.74 Å². The van der Waals surface area contributed by atoms with Gasteiger partial charge in [-0.1, -0.05) is 48.0 Å². The fourth-order valence-electron chi connectivity index (χ4n) is 2.34. The van der Waals surface area contributed by atoms with Crippen molar-refractivity contribution in [1.82, 2.24) is 4.98 Å². The van der Waals surface area contributed by atoms with E-state index in [-0.39, 0.29) is 5.97 Å². The highest BCUT2D eigenvalue weighted by molar-refractivity contribution is 5.99. The largest absolute Gasteiger partial charge is 0.409 e. The van der Waals surface area contributed by atoms with Crippen LogP contribution >= 0.6 is 0 Å². The molecule has 0 saturated carbocycles. The second kappa shape index (κ2) is 4.85. The van der Waals surface area contributed by atoms with Crippen LogP contribution in [-0.4, -0.2) is 11.0 Å². The molecular weight excluding hydrogens is 250 g/mol. The predicted molar refractivity (Wildman–Crippen MR) is 79.8 cm³/mol. The molecule has 0 aliphatic carbocycles. The fourth-order valence-corrected chi connectivity index (χ4v) is 2.34. The number of aromatic nitrogens is 1. The maximum absolute atomic E-state index is 11.3. The Morgan fingerprint density at radius 2 is 1.75 bits per heavy atom. The number of rotatable bonds is 2. The van der Waals surface area contributed by atoms with Crippen LogP contribution in [0.4, 0.5) is 0 Å². The van der Waals surface area contributed by atoms with Gasteiger partial charge in [0.15, 0.2) is 0 Å². The van der Waals surface area contributed by atoms with Crippen LogP contribution in [0.5, 0.6) is 5.88 Å². The Morgan fingerprint density at radius 1 is 1.05 bits per heavy atom. The van der Waals surface area contributed by atoms with E-state index < -0.39 is 0 Å². The van der Waals surface area contributed by atoms with Gasteiger partial charge in [-0.3, -0.25) is 4.79 Å². The Hall–Kier alpha value is -2.55. The third-order valence-electron chi connectivity index (χ3n) is 3.26. The summed E-state index contributed by atoms with van der Waals surface area (Å²) in [6.07, 6.45) is 0. The number of ether oxygens (including phenoxy) is 1. The number of benzene rings is 2. The lowest BCUT2D eigenvalue weighted by Gasteiger charge is -2.05. The zero-order chi connectivity index (χ0) is 14.1. The normalized spacial score (nSPS) is 10.7. The molecule has 0 aliphatic heterocycles. The van der Waals surface area contributed by atoms with Crippen molar-refractivity contribution in [3.63, 3.8) is 0 Å². The van der Waals surface area contributed by atoms with E-state index in [2.05, 4.69) is 17.1 Å². The second-order valence-corrected chi connectivity index (χ2v) is 4.83. The lowest BCUT2D eigenvalue weighted by molar-refractivity contribution is -0.132. The van der Waals surface area contributed by atoms with Crippen molar-refractivity contribution in [1.29, 1.82) is 0 Å². The highest BCUT2D eigenvalue weighted by Crippen LogP contribution is 2.37. The number of hydrogen-bond donors (Lipinski definition) is 1. The molecule has 3 heteroatoms. The first-order chi connectivity index (χ1) is 9.65. The van der Waals surface area contributed by atoms with Crippen molar-refractivity contribution in [2.45, 2.75) is 13.8 Å². The maximum Gasteiger partial charge on any atom is 0.309 e. The van der Waals surface area contributed by atoms with Gasteiger partial charge in [0.25, 0.3) is 0 Å². The highest BCUT2D eigenvalue weighted by atomic mass is 16.5. The molecule has 0 fully saturated rings. The van der Waals surface area contributed by atoms with E-state index in [9.17, 15) is 4.79 Å². The molecule has 1 N–H and O–H groups in total. The Morgan fingerprint density at radius 3 is 2.45 bits per heavy atom. The van der Waals surface area contributed by atoms with E-state index in [1.54, 1.807) is 0 Å². The molecule has 0 radical (unpaired) electrons. The summed E-state index contributed by atoms with van der Waals surface area (Å²) in [5.74, 6) is 0.174. The third-order valence-corrected chi connectivity index (χ3v) is 3.26. The second-order valence-electron chi connectivity index (χ2n) is 4.83. The van der Waals surface area contributed by atoms with Crippen molar-refractivity contribution < 1.29 is 9.53 Å². The lowest BCUT2D eigenvalue weighted by atomic mass is 10.0. The van der Waals surface area contributed by atoms with Gasteiger partial charge in [-0.25, -0.2) is 0 Å². The molecular formula is C17H15NO2. The van der Waals surface area contributed by atoms with Crippen LogP contribution in [0.25, 0.3) is 22.0 Å². The SMILES string of the molecule is CC(=O)Oc1[nH]c2ccccc2c1-c1ccc(C)cc1. The van der Waals surface area contributed by atoms with Crippen LogP contribution in [0.3, 0.4) is 0 Å². The average molecular weight is 265 g/mol. The van der Waals surface area contributed by atoms with Gasteiger partial charge in [-0.05, 0) is 18.6 Å². The molecule has 3 nitrogen and oxygen atoms in total. The Kier molecular flexibility index (Phi) is 3.03. The molecule has 0 aliphatic rings. The van der Waals surface area contributed by atoms with Gasteiger partial charge in [0.05, 0.1) is 5.56 Å². The first-order valence-electron chi connectivity index (χ1n) is 6.51. The van der Waals surface area contributed by atoms with E-state index >= 15 is 0 Å². The number of H-pyrrole nitrogens is 1. The van der Waals surface area contributed by atoms with Gasteiger partial charge in [0.2, 0.25) is 5.88 Å². The molecule has 3 aromatic rings. The molecule has 3 rings (SSSR count). The minimum atomic E-state index is -0.329. The molecule has 1 aromatic heterocycles. The van der Waals surface area contributed by atoms with E-state index in [1.807, 2.05) is 43.3 Å².